The first-order chi connectivity index (χ1) is 9.81. The Morgan fingerprint density at radius 3 is 2.70 bits per heavy atom. The van der Waals surface area contributed by atoms with Gasteiger partial charge in [0.1, 0.15) is 5.75 Å². The van der Waals surface area contributed by atoms with Gasteiger partial charge in [-0.1, -0.05) is 32.3 Å². The van der Waals surface area contributed by atoms with Crippen molar-refractivity contribution in [3.05, 3.63) is 29.3 Å². The lowest BCUT2D eigenvalue weighted by Crippen LogP contribution is -2.36. The molecule has 110 valence electrons. The van der Waals surface area contributed by atoms with Crippen molar-refractivity contribution in [2.75, 3.05) is 13.7 Å². The third-order valence-corrected chi connectivity index (χ3v) is 5.39. The summed E-state index contributed by atoms with van der Waals surface area (Å²) in [4.78, 5) is 0. The van der Waals surface area contributed by atoms with Gasteiger partial charge in [0.25, 0.3) is 0 Å². The SMILES string of the molecule is CCC1CCC(C2NCCc3ccc(OC)cc32)CC1. The Morgan fingerprint density at radius 1 is 1.20 bits per heavy atom. The van der Waals surface area contributed by atoms with Crippen LogP contribution < -0.4 is 10.1 Å². The molecule has 0 saturated heterocycles. The zero-order chi connectivity index (χ0) is 13.9. The van der Waals surface area contributed by atoms with Gasteiger partial charge < -0.3 is 10.1 Å². The molecular formula is C18H27NO. The minimum atomic E-state index is 0.548. The van der Waals surface area contributed by atoms with E-state index in [1.54, 1.807) is 7.11 Å². The predicted molar refractivity (Wildman–Crippen MR) is 83.2 cm³/mol. The maximum atomic E-state index is 5.42. The van der Waals surface area contributed by atoms with Crippen molar-refractivity contribution in [2.45, 2.75) is 51.5 Å². The third kappa shape index (κ3) is 2.71. The summed E-state index contributed by atoms with van der Waals surface area (Å²) in [6.07, 6.45) is 8.10. The van der Waals surface area contributed by atoms with Crippen LogP contribution in [0.25, 0.3) is 0 Å². The van der Waals surface area contributed by atoms with E-state index in [2.05, 4.69) is 30.4 Å². The summed E-state index contributed by atoms with van der Waals surface area (Å²) in [5, 5.41) is 3.77. The van der Waals surface area contributed by atoms with E-state index in [9.17, 15) is 0 Å². The smallest absolute Gasteiger partial charge is 0.119 e. The minimum absolute atomic E-state index is 0.548. The molecule has 0 amide bonds. The molecule has 0 radical (unpaired) electrons. The van der Waals surface area contributed by atoms with Gasteiger partial charge in [-0.3, -0.25) is 0 Å². The van der Waals surface area contributed by atoms with E-state index in [0.29, 0.717) is 6.04 Å². The van der Waals surface area contributed by atoms with Crippen LogP contribution in [-0.4, -0.2) is 13.7 Å². The fourth-order valence-electron chi connectivity index (χ4n) is 4.04. The Hall–Kier alpha value is -1.02. The van der Waals surface area contributed by atoms with Gasteiger partial charge in [-0.05, 0) is 60.9 Å². The molecular weight excluding hydrogens is 246 g/mol. The van der Waals surface area contributed by atoms with Crippen LogP contribution in [0, 0.1) is 11.8 Å². The van der Waals surface area contributed by atoms with E-state index < -0.39 is 0 Å². The minimum Gasteiger partial charge on any atom is -0.497 e. The van der Waals surface area contributed by atoms with E-state index in [1.165, 1.54) is 43.2 Å². The summed E-state index contributed by atoms with van der Waals surface area (Å²) in [7, 11) is 1.76. The normalized spacial score (nSPS) is 29.8. The van der Waals surface area contributed by atoms with Gasteiger partial charge in [0.15, 0.2) is 0 Å². The van der Waals surface area contributed by atoms with Crippen molar-refractivity contribution in [2.24, 2.45) is 11.8 Å². The Kier molecular flexibility index (Phi) is 4.30. The number of fused-ring (bicyclic) bond motifs is 1. The standard InChI is InChI=1S/C18H27NO/c1-3-13-4-6-15(7-5-13)18-17-12-16(20-2)9-8-14(17)10-11-19-18/h8-9,12-13,15,18-19H,3-7,10-11H2,1-2H3. The zero-order valence-electron chi connectivity index (χ0n) is 12.8. The molecule has 0 bridgehead atoms. The Labute approximate surface area is 122 Å². The highest BCUT2D eigenvalue weighted by Crippen LogP contribution is 2.40. The molecule has 2 nitrogen and oxygen atoms in total. The number of nitrogens with one attached hydrogen (secondary N) is 1. The number of ether oxygens (including phenoxy) is 1. The van der Waals surface area contributed by atoms with Gasteiger partial charge in [0.2, 0.25) is 0 Å². The van der Waals surface area contributed by atoms with Crippen LogP contribution in [0.4, 0.5) is 0 Å². The van der Waals surface area contributed by atoms with E-state index in [-0.39, 0.29) is 0 Å². The zero-order valence-corrected chi connectivity index (χ0v) is 12.8. The van der Waals surface area contributed by atoms with E-state index in [1.807, 2.05) is 0 Å². The second-order valence-electron chi connectivity index (χ2n) is 6.44. The molecule has 1 aliphatic heterocycles. The maximum absolute atomic E-state index is 5.42. The summed E-state index contributed by atoms with van der Waals surface area (Å²) < 4.78 is 5.42. The molecule has 1 aliphatic carbocycles. The first kappa shape index (κ1) is 13.9. The molecule has 2 aliphatic rings. The highest BCUT2D eigenvalue weighted by Gasteiger charge is 2.31. The number of rotatable bonds is 3. The van der Waals surface area contributed by atoms with Crippen LogP contribution in [-0.2, 0) is 6.42 Å². The molecule has 1 atom stereocenters. The highest BCUT2D eigenvalue weighted by atomic mass is 16.5. The average molecular weight is 273 g/mol. The van der Waals surface area contributed by atoms with E-state index in [0.717, 1.165) is 30.6 Å². The Balaban J connectivity index is 1.79. The molecule has 2 heteroatoms. The van der Waals surface area contributed by atoms with Gasteiger partial charge in [-0.2, -0.15) is 0 Å². The summed E-state index contributed by atoms with van der Waals surface area (Å²) in [6, 6.07) is 7.18. The van der Waals surface area contributed by atoms with E-state index in [4.69, 9.17) is 4.74 Å². The van der Waals surface area contributed by atoms with Crippen molar-refractivity contribution in [1.29, 1.82) is 0 Å². The van der Waals surface area contributed by atoms with Gasteiger partial charge in [-0.15, -0.1) is 0 Å². The average Bonchev–Trinajstić information content (AvgIpc) is 2.54. The van der Waals surface area contributed by atoms with Crippen molar-refractivity contribution in [3.63, 3.8) is 0 Å². The fraction of sp³-hybridized carbons (Fsp3) is 0.667. The van der Waals surface area contributed by atoms with Crippen LogP contribution in [0.2, 0.25) is 0 Å². The second-order valence-corrected chi connectivity index (χ2v) is 6.44. The number of methoxy groups -OCH3 is 1. The van der Waals surface area contributed by atoms with Crippen molar-refractivity contribution < 1.29 is 4.74 Å². The maximum Gasteiger partial charge on any atom is 0.119 e. The second kappa shape index (κ2) is 6.17. The van der Waals surface area contributed by atoms with Crippen LogP contribution in [0.3, 0.4) is 0 Å². The van der Waals surface area contributed by atoms with Gasteiger partial charge in [-0.25, -0.2) is 0 Å². The number of hydrogen-bond acceptors (Lipinski definition) is 2. The summed E-state index contributed by atoms with van der Waals surface area (Å²) in [5.41, 5.74) is 3.02. The molecule has 1 unspecified atom stereocenters. The monoisotopic (exact) mass is 273 g/mol. The lowest BCUT2D eigenvalue weighted by Gasteiger charge is -2.37. The molecule has 3 rings (SSSR count). The Morgan fingerprint density at radius 2 is 2.00 bits per heavy atom. The number of hydrogen-bond donors (Lipinski definition) is 1. The van der Waals surface area contributed by atoms with Crippen molar-refractivity contribution >= 4 is 0 Å². The fourth-order valence-corrected chi connectivity index (χ4v) is 4.04. The topological polar surface area (TPSA) is 21.3 Å². The van der Waals surface area contributed by atoms with Crippen molar-refractivity contribution in [3.8, 4) is 5.75 Å². The molecule has 1 heterocycles. The molecule has 1 fully saturated rings. The highest BCUT2D eigenvalue weighted by molar-refractivity contribution is 5.39. The lowest BCUT2D eigenvalue weighted by atomic mass is 9.74. The first-order valence-electron chi connectivity index (χ1n) is 8.22. The molecule has 1 aromatic carbocycles. The lowest BCUT2D eigenvalue weighted by molar-refractivity contribution is 0.214. The van der Waals surface area contributed by atoms with Crippen LogP contribution in [0.15, 0.2) is 18.2 Å². The molecule has 20 heavy (non-hydrogen) atoms. The molecule has 1 aromatic rings. The third-order valence-electron chi connectivity index (χ3n) is 5.39. The van der Waals surface area contributed by atoms with Gasteiger partial charge in [0.05, 0.1) is 7.11 Å². The summed E-state index contributed by atoms with van der Waals surface area (Å²) >= 11 is 0. The molecule has 1 saturated carbocycles. The quantitative estimate of drug-likeness (QED) is 0.895. The van der Waals surface area contributed by atoms with Crippen LogP contribution >= 0.6 is 0 Å². The molecule has 1 N–H and O–H groups in total. The molecule has 0 aromatic heterocycles. The van der Waals surface area contributed by atoms with Crippen LogP contribution in [0.5, 0.6) is 5.75 Å². The van der Waals surface area contributed by atoms with E-state index >= 15 is 0 Å². The summed E-state index contributed by atoms with van der Waals surface area (Å²) in [5.74, 6) is 2.78. The largest absolute Gasteiger partial charge is 0.497 e. The predicted octanol–water partition coefficient (Wildman–Crippen LogP) is 4.10. The van der Waals surface area contributed by atoms with Crippen LogP contribution in [0.1, 0.15) is 56.2 Å². The van der Waals surface area contributed by atoms with Gasteiger partial charge in [0, 0.05) is 6.04 Å². The van der Waals surface area contributed by atoms with Crippen molar-refractivity contribution in [1.82, 2.24) is 5.32 Å². The molecule has 0 spiro atoms. The van der Waals surface area contributed by atoms with Gasteiger partial charge >= 0.3 is 0 Å². The summed E-state index contributed by atoms with van der Waals surface area (Å²) in [6.45, 7) is 3.46. The number of benzene rings is 1. The first-order valence-corrected chi connectivity index (χ1v) is 8.22. The Bertz CT molecular complexity index is 449.